The number of nitrogens with one attached hydrogen (secondary N) is 1. The van der Waals surface area contributed by atoms with Crippen molar-refractivity contribution in [2.45, 2.75) is 84.0 Å². The summed E-state index contributed by atoms with van der Waals surface area (Å²) in [5, 5.41) is 30.0. The Morgan fingerprint density at radius 1 is 0.791 bits per heavy atom. The highest BCUT2D eigenvalue weighted by atomic mass is 35.5. The third kappa shape index (κ3) is 16.2. The Morgan fingerprint density at radius 2 is 1.34 bits per heavy atom. The van der Waals surface area contributed by atoms with Gasteiger partial charge in [-0.05, 0) is 44.1 Å². The SMILES string of the molecule is C#CCOCCOCCOCCNc1nc(N2CCN(C(=O)[C@H]([C@@H](C)CC)n3cc([C@@H](N)CC(C)C)nn3)CC2)nc(N2CCN(C(=O)[C@H](CCCCN)n3cc([C@@H](N)CO)nn3)CC2)n1.Cl. The summed E-state index contributed by atoms with van der Waals surface area (Å²) in [7, 11) is 0. The second kappa shape index (κ2) is 28.5. The van der Waals surface area contributed by atoms with Gasteiger partial charge in [0, 0.05) is 58.9 Å². The molecule has 2 aliphatic heterocycles. The summed E-state index contributed by atoms with van der Waals surface area (Å²) in [6, 6.07) is -2.05. The number of halogens is 1. The lowest BCUT2D eigenvalue weighted by molar-refractivity contribution is -0.137. The van der Waals surface area contributed by atoms with Gasteiger partial charge in [-0.2, -0.15) is 15.0 Å². The number of carbonyl (C=O) groups excluding carboxylic acids is 2. The van der Waals surface area contributed by atoms with Crippen molar-refractivity contribution in [3.05, 3.63) is 23.8 Å². The van der Waals surface area contributed by atoms with Crippen molar-refractivity contribution in [2.75, 3.05) is 127 Å². The first-order valence-electron chi connectivity index (χ1n) is 23.4. The van der Waals surface area contributed by atoms with Gasteiger partial charge in [-0.25, -0.2) is 9.36 Å². The van der Waals surface area contributed by atoms with Crippen LogP contribution in [0.25, 0.3) is 0 Å². The van der Waals surface area contributed by atoms with Gasteiger partial charge in [0.2, 0.25) is 29.7 Å². The van der Waals surface area contributed by atoms with Crippen LogP contribution in [-0.2, 0) is 23.8 Å². The Hall–Kier alpha value is -4.80. The molecule has 0 aliphatic carbocycles. The number of aliphatic hydroxyl groups excluding tert-OH is 1. The molecule has 8 N–H and O–H groups in total. The minimum atomic E-state index is -0.693. The number of rotatable bonds is 28. The van der Waals surface area contributed by atoms with Gasteiger partial charge in [0.1, 0.15) is 24.4 Å². The average Bonchev–Trinajstić information content (AvgIpc) is 4.03. The number of aromatic nitrogens is 9. The zero-order valence-corrected chi connectivity index (χ0v) is 40.5. The number of hydrogen-bond donors (Lipinski definition) is 5. The molecule has 3 aromatic rings. The summed E-state index contributed by atoms with van der Waals surface area (Å²) < 4.78 is 19.8. The molecule has 5 heterocycles. The molecule has 3 aromatic heterocycles. The fourth-order valence-electron chi connectivity index (χ4n) is 7.80. The second-order valence-electron chi connectivity index (χ2n) is 17.2. The van der Waals surface area contributed by atoms with E-state index in [0.29, 0.717) is 140 Å². The van der Waals surface area contributed by atoms with Crippen LogP contribution >= 0.6 is 12.4 Å². The normalized spacial score (nSPS) is 16.6. The number of terminal acetylenes is 1. The third-order valence-corrected chi connectivity index (χ3v) is 11.8. The molecule has 2 amide bonds. The van der Waals surface area contributed by atoms with Crippen molar-refractivity contribution >= 4 is 42.1 Å². The molecule has 0 radical (unpaired) electrons. The van der Waals surface area contributed by atoms with Crippen molar-refractivity contribution in [1.82, 2.24) is 54.7 Å². The van der Waals surface area contributed by atoms with E-state index in [9.17, 15) is 14.7 Å². The topological polar surface area (TPSA) is 285 Å². The van der Waals surface area contributed by atoms with Gasteiger partial charge in [-0.15, -0.1) is 29.0 Å². The lowest BCUT2D eigenvalue weighted by Crippen LogP contribution is -2.52. The van der Waals surface area contributed by atoms with Crippen molar-refractivity contribution in [1.29, 1.82) is 0 Å². The van der Waals surface area contributed by atoms with E-state index >= 15 is 0 Å². The summed E-state index contributed by atoms with van der Waals surface area (Å²) in [5.41, 5.74) is 19.3. The minimum absolute atomic E-state index is 0. The highest BCUT2D eigenvalue weighted by Crippen LogP contribution is 2.27. The van der Waals surface area contributed by atoms with E-state index in [2.05, 4.69) is 69.4 Å². The number of nitrogens with zero attached hydrogens (tertiary/aromatic N) is 13. The first kappa shape index (κ1) is 54.8. The first-order chi connectivity index (χ1) is 32.0. The molecule has 5 atom stereocenters. The van der Waals surface area contributed by atoms with Crippen molar-refractivity contribution in [3.63, 3.8) is 0 Å². The van der Waals surface area contributed by atoms with E-state index in [1.54, 1.807) is 15.6 Å². The number of nitrogens with two attached hydrogens (primary N) is 3. The van der Waals surface area contributed by atoms with Crippen LogP contribution in [0.3, 0.4) is 0 Å². The van der Waals surface area contributed by atoms with E-state index in [-0.39, 0.29) is 49.4 Å². The fourth-order valence-corrected chi connectivity index (χ4v) is 7.80. The van der Waals surface area contributed by atoms with Crippen molar-refractivity contribution in [2.24, 2.45) is 29.0 Å². The quantitative estimate of drug-likeness (QED) is 0.0491. The number of unbranched alkanes of at least 4 members (excludes halogenated alkanes) is 1. The Morgan fingerprint density at radius 3 is 1.91 bits per heavy atom. The molecule has 2 aliphatic rings. The third-order valence-electron chi connectivity index (χ3n) is 11.8. The summed E-state index contributed by atoms with van der Waals surface area (Å²) in [4.78, 5) is 50.8. The standard InChI is InChI=1S/C43H73N17O6.ClH/c1-6-21-64-23-25-66-26-24-65-22-12-47-41-48-42(57-17-13-55(14-18-57)39(62)37(10-8-9-11-44)59-28-36(52-53-59)34(46)30-61)50-43(49-41)58-19-15-56(16-20-58)40(63)38(32(5)7-2)60-29-35(51-54-60)33(45)27-31(3)4;/h1,28-29,31-34,37-38,61H,7-27,30,44-46H2,2-5H3,(H,47,48,49,50);1H/t32-,33-,34-,37-,38-;/m0./s1. The predicted octanol–water partition coefficient (Wildman–Crippen LogP) is 0.564. The van der Waals surface area contributed by atoms with Gasteiger partial charge >= 0.3 is 0 Å². The zero-order valence-electron chi connectivity index (χ0n) is 39.7. The van der Waals surface area contributed by atoms with E-state index in [0.717, 1.165) is 25.7 Å². The van der Waals surface area contributed by atoms with E-state index in [1.807, 2.05) is 16.0 Å². The van der Waals surface area contributed by atoms with Crippen LogP contribution in [0, 0.1) is 24.2 Å². The van der Waals surface area contributed by atoms with E-state index < -0.39 is 18.1 Å². The Balaban J connectivity index is 0.00000980. The van der Waals surface area contributed by atoms with Gasteiger partial charge in [-0.1, -0.05) is 50.5 Å². The van der Waals surface area contributed by atoms with Crippen LogP contribution < -0.4 is 32.3 Å². The maximum atomic E-state index is 14.2. The lowest BCUT2D eigenvalue weighted by atomic mass is 9.97. The Labute approximate surface area is 400 Å². The van der Waals surface area contributed by atoms with E-state index in [1.165, 1.54) is 0 Å². The second-order valence-corrected chi connectivity index (χ2v) is 17.2. The fraction of sp³-hybridized carbons (Fsp3) is 0.744. The summed E-state index contributed by atoms with van der Waals surface area (Å²) in [5.74, 6) is 4.10. The molecule has 0 spiro atoms. The maximum Gasteiger partial charge on any atom is 0.247 e. The van der Waals surface area contributed by atoms with Gasteiger partial charge < -0.3 is 61.4 Å². The summed E-state index contributed by atoms with van der Waals surface area (Å²) in [6.45, 7) is 15.1. The molecular weight excluding hydrogens is 886 g/mol. The molecule has 0 aromatic carbocycles. The molecule has 67 heavy (non-hydrogen) atoms. The minimum Gasteiger partial charge on any atom is -0.394 e. The van der Waals surface area contributed by atoms with Gasteiger partial charge in [0.25, 0.3) is 0 Å². The van der Waals surface area contributed by atoms with Gasteiger partial charge in [-0.3, -0.25) is 9.59 Å². The van der Waals surface area contributed by atoms with Crippen LogP contribution in [-0.4, -0.2) is 183 Å². The number of carbonyl (C=O) groups is 2. The molecule has 0 unspecified atom stereocenters. The van der Waals surface area contributed by atoms with Crippen LogP contribution in [0.2, 0.25) is 0 Å². The van der Waals surface area contributed by atoms with Crippen molar-refractivity contribution in [3.8, 4) is 12.3 Å². The van der Waals surface area contributed by atoms with Crippen LogP contribution in [0.5, 0.6) is 0 Å². The molecule has 0 saturated carbocycles. The summed E-state index contributed by atoms with van der Waals surface area (Å²) in [6.07, 6.45) is 12.3. The average molecular weight is 961 g/mol. The van der Waals surface area contributed by atoms with Crippen LogP contribution in [0.15, 0.2) is 12.4 Å². The highest BCUT2D eigenvalue weighted by Gasteiger charge is 2.35. The van der Waals surface area contributed by atoms with Crippen molar-refractivity contribution < 1.29 is 28.9 Å². The van der Waals surface area contributed by atoms with Gasteiger partial charge in [0.15, 0.2) is 0 Å². The first-order valence-corrected chi connectivity index (χ1v) is 23.4. The zero-order chi connectivity index (χ0) is 47.4. The summed E-state index contributed by atoms with van der Waals surface area (Å²) >= 11 is 0. The molecule has 5 rings (SSSR count). The molecule has 23 nitrogen and oxygen atoms in total. The van der Waals surface area contributed by atoms with Gasteiger partial charge in [0.05, 0.1) is 69.8 Å². The molecule has 374 valence electrons. The Bertz CT molecular complexity index is 1950. The number of ether oxygens (including phenoxy) is 3. The Kier molecular flexibility index (Phi) is 23.3. The molecule has 2 saturated heterocycles. The highest BCUT2D eigenvalue weighted by molar-refractivity contribution is 5.85. The molecular formula is C43H74ClN17O6. The van der Waals surface area contributed by atoms with Crippen LogP contribution in [0.1, 0.15) is 95.4 Å². The number of aliphatic hydroxyl groups is 1. The monoisotopic (exact) mass is 960 g/mol. The van der Waals surface area contributed by atoms with Crippen LogP contribution in [0.4, 0.5) is 17.8 Å². The molecule has 0 bridgehead atoms. The van der Waals surface area contributed by atoms with E-state index in [4.69, 9.17) is 52.8 Å². The largest absolute Gasteiger partial charge is 0.394 e. The number of piperazine rings is 2. The predicted molar refractivity (Wildman–Crippen MR) is 255 cm³/mol. The molecule has 2 fully saturated rings. The smallest absolute Gasteiger partial charge is 0.247 e. The molecule has 24 heteroatoms. The number of anilines is 3. The maximum absolute atomic E-state index is 14.2. The lowest BCUT2D eigenvalue weighted by Gasteiger charge is -2.38. The number of hydrogen-bond acceptors (Lipinski definition) is 19. The number of amides is 2.